The molecular formula is C16H19NO3S. The van der Waals surface area contributed by atoms with E-state index in [9.17, 15) is 14.7 Å². The van der Waals surface area contributed by atoms with E-state index < -0.39 is 11.5 Å². The predicted octanol–water partition coefficient (Wildman–Crippen LogP) is 2.18. The van der Waals surface area contributed by atoms with Gasteiger partial charge < -0.3 is 10.4 Å². The molecule has 5 heteroatoms. The largest absolute Gasteiger partial charge is 0.480 e. The molecule has 0 radical (unpaired) electrons. The molecule has 1 fully saturated rings. The number of hydrogen-bond donors (Lipinski definition) is 2. The average Bonchev–Trinajstić information content (AvgIpc) is 2.92. The Hall–Kier alpha value is -1.49. The molecule has 0 bridgehead atoms. The molecule has 1 aliphatic carbocycles. The number of carbonyl (C=O) groups excluding carboxylic acids is 1. The van der Waals surface area contributed by atoms with E-state index in [1.54, 1.807) is 11.8 Å². The fraction of sp³-hybridized carbons (Fsp3) is 0.500. The van der Waals surface area contributed by atoms with Gasteiger partial charge in [0, 0.05) is 0 Å². The summed E-state index contributed by atoms with van der Waals surface area (Å²) in [5.41, 5.74) is 1.20. The fourth-order valence-corrected chi connectivity index (χ4v) is 4.45. The second-order valence-electron chi connectivity index (χ2n) is 5.78. The molecule has 2 aliphatic rings. The van der Waals surface area contributed by atoms with Gasteiger partial charge in [0.25, 0.3) is 0 Å². The first-order valence-electron chi connectivity index (χ1n) is 7.33. The number of nitrogens with one attached hydrogen (secondary N) is 1. The standard InChI is InChI=1S/C16H19NO3S/c18-14(13-6-5-11-3-1-2-4-12(11)13)17-16(15(19)20)7-9-21-10-8-16/h1-4,13H,5-10H2,(H,17,18)(H,19,20). The Balaban J connectivity index is 1.78. The minimum atomic E-state index is -1.07. The second kappa shape index (κ2) is 5.72. The molecule has 1 aromatic rings. The molecule has 0 aromatic heterocycles. The molecule has 1 heterocycles. The zero-order chi connectivity index (χ0) is 14.9. The van der Waals surface area contributed by atoms with Crippen molar-refractivity contribution in [3.63, 3.8) is 0 Å². The number of fused-ring (bicyclic) bond motifs is 1. The number of aryl methyl sites for hydroxylation is 1. The van der Waals surface area contributed by atoms with Gasteiger partial charge in [0.15, 0.2) is 0 Å². The van der Waals surface area contributed by atoms with Gasteiger partial charge in [0.05, 0.1) is 5.92 Å². The van der Waals surface area contributed by atoms with E-state index in [0.717, 1.165) is 29.9 Å². The van der Waals surface area contributed by atoms with Gasteiger partial charge in [-0.25, -0.2) is 4.79 Å². The molecule has 1 atom stereocenters. The van der Waals surface area contributed by atoms with Gasteiger partial charge in [-0.3, -0.25) is 4.79 Å². The van der Waals surface area contributed by atoms with Gasteiger partial charge in [-0.05, 0) is 48.3 Å². The molecule has 1 aliphatic heterocycles. The lowest BCUT2D eigenvalue weighted by Gasteiger charge is -2.34. The van der Waals surface area contributed by atoms with Crippen LogP contribution in [0.3, 0.4) is 0 Å². The summed E-state index contributed by atoms with van der Waals surface area (Å²) in [6.07, 6.45) is 2.68. The summed E-state index contributed by atoms with van der Waals surface area (Å²) < 4.78 is 0. The first-order valence-corrected chi connectivity index (χ1v) is 8.49. The molecule has 1 amide bonds. The summed E-state index contributed by atoms with van der Waals surface area (Å²) in [4.78, 5) is 24.3. The molecule has 2 N–H and O–H groups in total. The van der Waals surface area contributed by atoms with Crippen molar-refractivity contribution in [1.82, 2.24) is 5.32 Å². The van der Waals surface area contributed by atoms with Crippen molar-refractivity contribution >= 4 is 23.6 Å². The monoisotopic (exact) mass is 305 g/mol. The van der Waals surface area contributed by atoms with E-state index in [-0.39, 0.29) is 11.8 Å². The second-order valence-corrected chi connectivity index (χ2v) is 7.00. The topological polar surface area (TPSA) is 66.4 Å². The van der Waals surface area contributed by atoms with Crippen LogP contribution in [0.2, 0.25) is 0 Å². The maximum absolute atomic E-state index is 12.6. The van der Waals surface area contributed by atoms with E-state index in [1.165, 1.54) is 5.56 Å². The van der Waals surface area contributed by atoms with Crippen molar-refractivity contribution < 1.29 is 14.7 Å². The van der Waals surface area contributed by atoms with Gasteiger partial charge in [-0.2, -0.15) is 11.8 Å². The maximum atomic E-state index is 12.6. The molecule has 1 unspecified atom stereocenters. The van der Waals surface area contributed by atoms with Crippen molar-refractivity contribution in [3.05, 3.63) is 35.4 Å². The summed E-state index contributed by atoms with van der Waals surface area (Å²) in [6, 6.07) is 7.95. The van der Waals surface area contributed by atoms with Crippen LogP contribution in [0.5, 0.6) is 0 Å². The summed E-state index contributed by atoms with van der Waals surface area (Å²) in [5, 5.41) is 12.4. The number of hydrogen-bond acceptors (Lipinski definition) is 3. The van der Waals surface area contributed by atoms with Gasteiger partial charge in [0.2, 0.25) is 5.91 Å². The van der Waals surface area contributed by atoms with Crippen molar-refractivity contribution in [2.24, 2.45) is 0 Å². The first-order chi connectivity index (χ1) is 10.1. The molecule has 4 nitrogen and oxygen atoms in total. The minimum Gasteiger partial charge on any atom is -0.480 e. The third kappa shape index (κ3) is 2.67. The van der Waals surface area contributed by atoms with E-state index in [4.69, 9.17) is 0 Å². The highest BCUT2D eigenvalue weighted by molar-refractivity contribution is 7.99. The Morgan fingerprint density at radius 2 is 1.95 bits per heavy atom. The molecule has 21 heavy (non-hydrogen) atoms. The highest BCUT2D eigenvalue weighted by atomic mass is 32.2. The van der Waals surface area contributed by atoms with Crippen molar-refractivity contribution in [2.75, 3.05) is 11.5 Å². The van der Waals surface area contributed by atoms with Gasteiger partial charge >= 0.3 is 5.97 Å². The van der Waals surface area contributed by atoms with Gasteiger partial charge in [-0.15, -0.1) is 0 Å². The minimum absolute atomic E-state index is 0.130. The number of rotatable bonds is 3. The quantitative estimate of drug-likeness (QED) is 0.898. The molecule has 1 aromatic carbocycles. The smallest absolute Gasteiger partial charge is 0.329 e. The fourth-order valence-electron chi connectivity index (χ4n) is 3.26. The third-order valence-electron chi connectivity index (χ3n) is 4.57. The first kappa shape index (κ1) is 14.4. The normalized spacial score (nSPS) is 23.3. The highest BCUT2D eigenvalue weighted by Gasteiger charge is 2.43. The third-order valence-corrected chi connectivity index (χ3v) is 5.55. The maximum Gasteiger partial charge on any atom is 0.329 e. The van der Waals surface area contributed by atoms with Crippen LogP contribution in [0, 0.1) is 0 Å². The zero-order valence-electron chi connectivity index (χ0n) is 11.8. The lowest BCUT2D eigenvalue weighted by Crippen LogP contribution is -2.57. The Morgan fingerprint density at radius 1 is 1.24 bits per heavy atom. The number of carbonyl (C=O) groups is 2. The number of amides is 1. The van der Waals surface area contributed by atoms with Crippen LogP contribution in [-0.2, 0) is 16.0 Å². The molecular weight excluding hydrogens is 286 g/mol. The Labute approximate surface area is 128 Å². The van der Waals surface area contributed by atoms with E-state index in [1.807, 2.05) is 24.3 Å². The van der Waals surface area contributed by atoms with Gasteiger partial charge in [0.1, 0.15) is 5.54 Å². The molecule has 1 saturated heterocycles. The molecule has 0 saturated carbocycles. The van der Waals surface area contributed by atoms with E-state index in [0.29, 0.717) is 12.8 Å². The summed E-state index contributed by atoms with van der Waals surface area (Å²) >= 11 is 1.75. The Kier molecular flexibility index (Phi) is 3.93. The van der Waals surface area contributed by atoms with Crippen molar-refractivity contribution in [3.8, 4) is 0 Å². The molecule has 112 valence electrons. The van der Waals surface area contributed by atoms with Crippen LogP contribution in [0.15, 0.2) is 24.3 Å². The summed E-state index contributed by atoms with van der Waals surface area (Å²) in [6.45, 7) is 0. The number of carboxylic acids is 1. The lowest BCUT2D eigenvalue weighted by atomic mass is 9.90. The molecule has 0 spiro atoms. The number of aliphatic carboxylic acids is 1. The van der Waals surface area contributed by atoms with Crippen molar-refractivity contribution in [1.29, 1.82) is 0 Å². The number of thioether (sulfide) groups is 1. The number of carboxylic acid groups (broad SMARTS) is 1. The zero-order valence-corrected chi connectivity index (χ0v) is 12.6. The summed E-state index contributed by atoms with van der Waals surface area (Å²) in [7, 11) is 0. The van der Waals surface area contributed by atoms with Crippen LogP contribution in [0.4, 0.5) is 0 Å². The average molecular weight is 305 g/mol. The van der Waals surface area contributed by atoms with Crippen LogP contribution >= 0.6 is 11.8 Å². The van der Waals surface area contributed by atoms with E-state index in [2.05, 4.69) is 5.32 Å². The number of benzene rings is 1. The van der Waals surface area contributed by atoms with Crippen LogP contribution in [0.1, 0.15) is 36.3 Å². The van der Waals surface area contributed by atoms with Crippen LogP contribution in [-0.4, -0.2) is 34.0 Å². The summed E-state index contributed by atoms with van der Waals surface area (Å²) in [5.74, 6) is 0.338. The predicted molar refractivity (Wildman–Crippen MR) is 82.6 cm³/mol. The van der Waals surface area contributed by atoms with Crippen LogP contribution in [0.25, 0.3) is 0 Å². The molecule has 3 rings (SSSR count). The van der Waals surface area contributed by atoms with Crippen molar-refractivity contribution in [2.45, 2.75) is 37.1 Å². The SMILES string of the molecule is O=C(NC1(C(=O)O)CCSCC1)C1CCc2ccccc21. The van der Waals surface area contributed by atoms with Crippen LogP contribution < -0.4 is 5.32 Å². The highest BCUT2D eigenvalue weighted by Crippen LogP contribution is 2.35. The Morgan fingerprint density at radius 3 is 2.67 bits per heavy atom. The lowest BCUT2D eigenvalue weighted by molar-refractivity contribution is -0.148. The van der Waals surface area contributed by atoms with E-state index >= 15 is 0 Å². The Bertz CT molecular complexity index is 566. The van der Waals surface area contributed by atoms with Gasteiger partial charge in [-0.1, -0.05) is 24.3 Å².